The molecule has 2 N–H and O–H groups in total. The molecular formula is C23H41N3O4. The molecule has 1 unspecified atom stereocenters. The van der Waals surface area contributed by atoms with Crippen molar-refractivity contribution in [2.75, 3.05) is 20.6 Å². The van der Waals surface area contributed by atoms with Gasteiger partial charge in [0.2, 0.25) is 11.8 Å². The van der Waals surface area contributed by atoms with Crippen molar-refractivity contribution in [2.24, 2.45) is 17.8 Å². The Morgan fingerprint density at radius 1 is 1.17 bits per heavy atom. The summed E-state index contributed by atoms with van der Waals surface area (Å²) >= 11 is 0. The largest absolute Gasteiger partial charge is 0.478 e. The summed E-state index contributed by atoms with van der Waals surface area (Å²) in [5, 5.41) is 12.2. The van der Waals surface area contributed by atoms with E-state index in [1.54, 1.807) is 18.0 Å². The lowest BCUT2D eigenvalue weighted by Gasteiger charge is -2.38. The summed E-state index contributed by atoms with van der Waals surface area (Å²) in [5.74, 6) is -0.738. The normalized spacial score (nSPS) is 22.7. The van der Waals surface area contributed by atoms with E-state index in [1.807, 2.05) is 34.7 Å². The van der Waals surface area contributed by atoms with Crippen molar-refractivity contribution < 1.29 is 19.5 Å². The zero-order chi connectivity index (χ0) is 23.2. The van der Waals surface area contributed by atoms with Crippen molar-refractivity contribution in [3.05, 3.63) is 11.6 Å². The van der Waals surface area contributed by atoms with E-state index in [2.05, 4.69) is 17.1 Å². The molecule has 1 heterocycles. The van der Waals surface area contributed by atoms with Gasteiger partial charge in [-0.1, -0.05) is 47.1 Å². The first-order valence-electron chi connectivity index (χ1n) is 11.1. The van der Waals surface area contributed by atoms with Crippen LogP contribution in [0, 0.1) is 17.8 Å². The fourth-order valence-electron chi connectivity index (χ4n) is 4.11. The molecule has 0 aromatic rings. The van der Waals surface area contributed by atoms with E-state index in [0.717, 1.165) is 25.8 Å². The van der Waals surface area contributed by atoms with Crippen LogP contribution < -0.4 is 5.32 Å². The van der Waals surface area contributed by atoms with Gasteiger partial charge in [0.05, 0.1) is 12.1 Å². The van der Waals surface area contributed by atoms with E-state index >= 15 is 0 Å². The zero-order valence-corrected chi connectivity index (χ0v) is 19.9. The number of hydrogen-bond donors (Lipinski definition) is 2. The second kappa shape index (κ2) is 11.5. The number of nitrogens with one attached hydrogen (secondary N) is 1. The molecule has 7 nitrogen and oxygen atoms in total. The standard InChI is InChI=1S/C23H41N3O4/c1-9-17-10-11-18(25(7)13-17)21(27)24-20(15(4)5)22(28)26(8)19(14(2)3)12-16(6)23(29)30/h12,14-15,17-20H,9-11,13H2,1-8H3,(H,24,27)(H,29,30)/b16-12+/t17?,18-,19-,20+/m1/s1. The minimum Gasteiger partial charge on any atom is -0.478 e. The SMILES string of the molecule is CCC1CC[C@H](C(=O)N[C@H](C(=O)N(C)[C@H](/C=C(\C)C(=O)O)C(C)C)C(C)C)N(C)C1. The lowest BCUT2D eigenvalue weighted by molar-refractivity contribution is -0.140. The molecule has 2 amide bonds. The lowest BCUT2D eigenvalue weighted by Crippen LogP contribution is -2.58. The van der Waals surface area contributed by atoms with Gasteiger partial charge in [0.15, 0.2) is 0 Å². The van der Waals surface area contributed by atoms with Gasteiger partial charge in [0.1, 0.15) is 6.04 Å². The molecule has 0 aromatic carbocycles. The van der Waals surface area contributed by atoms with E-state index < -0.39 is 12.0 Å². The summed E-state index contributed by atoms with van der Waals surface area (Å²) in [6, 6.07) is -1.24. The first-order valence-corrected chi connectivity index (χ1v) is 11.1. The summed E-state index contributed by atoms with van der Waals surface area (Å²) in [6.07, 6.45) is 4.54. The maximum Gasteiger partial charge on any atom is 0.331 e. The smallest absolute Gasteiger partial charge is 0.331 e. The second-order valence-corrected chi connectivity index (χ2v) is 9.38. The molecule has 1 saturated heterocycles. The van der Waals surface area contributed by atoms with Crippen molar-refractivity contribution in [2.45, 2.75) is 78.9 Å². The quantitative estimate of drug-likeness (QED) is 0.557. The van der Waals surface area contributed by atoms with Crippen molar-refractivity contribution in [3.8, 4) is 0 Å². The number of carbonyl (C=O) groups excluding carboxylic acids is 2. The summed E-state index contributed by atoms with van der Waals surface area (Å²) in [4.78, 5) is 41.2. The topological polar surface area (TPSA) is 90.0 Å². The predicted molar refractivity (Wildman–Crippen MR) is 119 cm³/mol. The van der Waals surface area contributed by atoms with Crippen LogP contribution in [0.3, 0.4) is 0 Å². The average molecular weight is 424 g/mol. The van der Waals surface area contributed by atoms with E-state index in [0.29, 0.717) is 5.92 Å². The molecule has 1 aliphatic rings. The molecule has 0 aromatic heterocycles. The van der Waals surface area contributed by atoms with Crippen LogP contribution in [0.25, 0.3) is 0 Å². The molecule has 1 aliphatic heterocycles. The third kappa shape index (κ3) is 6.83. The molecule has 1 fully saturated rings. The van der Waals surface area contributed by atoms with Gasteiger partial charge in [-0.3, -0.25) is 14.5 Å². The number of amides is 2. The van der Waals surface area contributed by atoms with Crippen LogP contribution in [0.2, 0.25) is 0 Å². The molecule has 172 valence electrons. The number of rotatable bonds is 9. The van der Waals surface area contributed by atoms with Crippen molar-refractivity contribution in [1.29, 1.82) is 0 Å². The highest BCUT2D eigenvalue weighted by atomic mass is 16.4. The third-order valence-corrected chi connectivity index (χ3v) is 6.27. The summed E-state index contributed by atoms with van der Waals surface area (Å²) in [7, 11) is 3.65. The van der Waals surface area contributed by atoms with Gasteiger partial charge < -0.3 is 15.3 Å². The minimum absolute atomic E-state index is 0.0345. The third-order valence-electron chi connectivity index (χ3n) is 6.27. The van der Waals surface area contributed by atoms with E-state index in [1.165, 1.54) is 6.92 Å². The number of piperidine rings is 1. The average Bonchev–Trinajstić information content (AvgIpc) is 2.67. The molecule has 30 heavy (non-hydrogen) atoms. The second-order valence-electron chi connectivity index (χ2n) is 9.38. The number of carbonyl (C=O) groups is 3. The van der Waals surface area contributed by atoms with Gasteiger partial charge in [0, 0.05) is 19.2 Å². The van der Waals surface area contributed by atoms with Crippen LogP contribution in [-0.4, -0.2) is 71.5 Å². The van der Waals surface area contributed by atoms with Crippen LogP contribution >= 0.6 is 0 Å². The Labute approximate surface area is 181 Å². The zero-order valence-electron chi connectivity index (χ0n) is 19.9. The number of aliphatic carboxylic acids is 1. The number of carboxylic acids is 1. The van der Waals surface area contributed by atoms with Crippen molar-refractivity contribution in [3.63, 3.8) is 0 Å². The molecule has 0 saturated carbocycles. The highest BCUT2D eigenvalue weighted by molar-refractivity contribution is 5.90. The molecule has 4 atom stereocenters. The van der Waals surface area contributed by atoms with Gasteiger partial charge >= 0.3 is 5.97 Å². The Hall–Kier alpha value is -1.89. The maximum absolute atomic E-state index is 13.3. The Bertz CT molecular complexity index is 644. The van der Waals surface area contributed by atoms with E-state index in [4.69, 9.17) is 0 Å². The van der Waals surface area contributed by atoms with Gasteiger partial charge in [-0.05, 0) is 44.6 Å². The van der Waals surface area contributed by atoms with Gasteiger partial charge in [-0.15, -0.1) is 0 Å². The van der Waals surface area contributed by atoms with Crippen LogP contribution in [0.5, 0.6) is 0 Å². The molecule has 0 radical (unpaired) electrons. The van der Waals surface area contributed by atoms with E-state index in [-0.39, 0.29) is 41.3 Å². The minimum atomic E-state index is -0.999. The number of carboxylic acid groups (broad SMARTS) is 1. The Morgan fingerprint density at radius 2 is 1.77 bits per heavy atom. The number of hydrogen-bond acceptors (Lipinski definition) is 4. The summed E-state index contributed by atoms with van der Waals surface area (Å²) in [5.41, 5.74) is 0.202. The molecule has 0 bridgehead atoms. The van der Waals surface area contributed by atoms with Gasteiger partial charge in [-0.2, -0.15) is 0 Å². The molecule has 1 rings (SSSR count). The summed E-state index contributed by atoms with van der Waals surface area (Å²) in [6.45, 7) is 12.3. The summed E-state index contributed by atoms with van der Waals surface area (Å²) < 4.78 is 0. The molecule has 0 aliphatic carbocycles. The van der Waals surface area contributed by atoms with Crippen LogP contribution in [0.1, 0.15) is 60.8 Å². The van der Waals surface area contributed by atoms with Crippen LogP contribution in [-0.2, 0) is 14.4 Å². The van der Waals surface area contributed by atoms with Crippen LogP contribution in [0.15, 0.2) is 11.6 Å². The lowest BCUT2D eigenvalue weighted by atomic mass is 9.90. The van der Waals surface area contributed by atoms with Gasteiger partial charge in [0.25, 0.3) is 0 Å². The first-order chi connectivity index (χ1) is 13.9. The number of likely N-dealkylation sites (N-methyl/N-ethyl adjacent to an activating group) is 2. The number of likely N-dealkylation sites (tertiary alicyclic amines) is 1. The Balaban J connectivity index is 2.97. The highest BCUT2D eigenvalue weighted by Gasteiger charge is 2.35. The molecule has 7 heteroatoms. The fourth-order valence-corrected chi connectivity index (χ4v) is 4.11. The molecule has 0 spiro atoms. The maximum atomic E-state index is 13.3. The number of nitrogens with zero attached hydrogens (tertiary/aromatic N) is 2. The highest BCUT2D eigenvalue weighted by Crippen LogP contribution is 2.23. The monoisotopic (exact) mass is 423 g/mol. The predicted octanol–water partition coefficient (Wildman–Crippen LogP) is 2.76. The van der Waals surface area contributed by atoms with Crippen molar-refractivity contribution in [1.82, 2.24) is 15.1 Å². The van der Waals surface area contributed by atoms with E-state index in [9.17, 15) is 19.5 Å². The first kappa shape index (κ1) is 26.1. The molecular weight excluding hydrogens is 382 g/mol. The van der Waals surface area contributed by atoms with Crippen molar-refractivity contribution >= 4 is 17.8 Å². The fraction of sp³-hybridized carbons (Fsp3) is 0.783. The Kier molecular flexibility index (Phi) is 10.0. The Morgan fingerprint density at radius 3 is 2.20 bits per heavy atom. The van der Waals surface area contributed by atoms with Crippen LogP contribution in [0.4, 0.5) is 0 Å². The van der Waals surface area contributed by atoms with Gasteiger partial charge in [-0.25, -0.2) is 4.79 Å².